The Labute approximate surface area is 123 Å². The lowest BCUT2D eigenvalue weighted by Gasteiger charge is -2.57. The van der Waals surface area contributed by atoms with Crippen molar-refractivity contribution in [2.45, 2.75) is 65.3 Å². The van der Waals surface area contributed by atoms with Gasteiger partial charge in [0.25, 0.3) is 0 Å². The molecule has 3 N–H and O–H groups in total. The average molecular weight is 278 g/mol. The Hall–Kier alpha value is -0.570. The largest absolute Gasteiger partial charge is 0.354 e. The molecule has 3 nitrogen and oxygen atoms in total. The normalized spacial score (nSPS) is 40.7. The van der Waals surface area contributed by atoms with E-state index in [1.165, 1.54) is 38.5 Å². The molecule has 0 saturated heterocycles. The van der Waals surface area contributed by atoms with E-state index in [9.17, 15) is 4.79 Å². The van der Waals surface area contributed by atoms with Gasteiger partial charge >= 0.3 is 0 Å². The highest BCUT2D eigenvalue weighted by atomic mass is 16.2. The van der Waals surface area contributed by atoms with Gasteiger partial charge in [-0.2, -0.15) is 0 Å². The van der Waals surface area contributed by atoms with E-state index < -0.39 is 6.04 Å². The highest BCUT2D eigenvalue weighted by Crippen LogP contribution is 2.59. The quantitative estimate of drug-likeness (QED) is 0.834. The first-order chi connectivity index (χ1) is 9.27. The number of nitrogens with one attached hydrogen (secondary N) is 1. The van der Waals surface area contributed by atoms with Crippen LogP contribution in [0.3, 0.4) is 0 Å². The Morgan fingerprint density at radius 1 is 1.15 bits per heavy atom. The standard InChI is InChI=1S/C17H30N2O/c1-16(2,3)14(18)15(20)19-10-17-7-11-4-12(8-17)6-13(5-11)9-17/h11-14H,4-10,18H2,1-3H3,(H,19,20)/t11?,12?,13?,14-,17?/m0/s1. The summed E-state index contributed by atoms with van der Waals surface area (Å²) in [5.74, 6) is 2.85. The summed E-state index contributed by atoms with van der Waals surface area (Å²) in [4.78, 5) is 12.2. The Morgan fingerprint density at radius 2 is 1.60 bits per heavy atom. The van der Waals surface area contributed by atoms with E-state index in [2.05, 4.69) is 5.32 Å². The molecule has 4 aliphatic rings. The topological polar surface area (TPSA) is 55.1 Å². The van der Waals surface area contributed by atoms with Crippen LogP contribution >= 0.6 is 0 Å². The lowest BCUT2D eigenvalue weighted by molar-refractivity contribution is -0.126. The lowest BCUT2D eigenvalue weighted by atomic mass is 9.49. The van der Waals surface area contributed by atoms with Gasteiger partial charge in [0.15, 0.2) is 0 Å². The summed E-state index contributed by atoms with van der Waals surface area (Å²) in [6.07, 6.45) is 8.37. The van der Waals surface area contributed by atoms with Crippen molar-refractivity contribution >= 4 is 5.91 Å². The van der Waals surface area contributed by atoms with Gasteiger partial charge in [0.1, 0.15) is 0 Å². The second-order valence-electron chi connectivity index (χ2n) is 8.98. The lowest BCUT2D eigenvalue weighted by Crippen LogP contribution is -2.54. The second kappa shape index (κ2) is 4.72. The molecule has 0 radical (unpaired) electrons. The van der Waals surface area contributed by atoms with Gasteiger partial charge in [0, 0.05) is 6.54 Å². The highest BCUT2D eigenvalue weighted by molar-refractivity contribution is 5.82. The summed E-state index contributed by atoms with van der Waals surface area (Å²) in [7, 11) is 0. The van der Waals surface area contributed by atoms with Crippen LogP contribution in [0.5, 0.6) is 0 Å². The van der Waals surface area contributed by atoms with Crippen molar-refractivity contribution in [2.75, 3.05) is 6.54 Å². The Bertz CT molecular complexity index is 361. The molecule has 0 aromatic heterocycles. The number of carbonyl (C=O) groups excluding carboxylic acids is 1. The predicted octanol–water partition coefficient (Wildman–Crippen LogP) is 2.69. The summed E-state index contributed by atoms with van der Waals surface area (Å²) in [6.45, 7) is 6.95. The minimum atomic E-state index is -0.406. The third-order valence-corrected chi connectivity index (χ3v) is 6.02. The fraction of sp³-hybridized carbons (Fsp3) is 0.941. The van der Waals surface area contributed by atoms with E-state index in [4.69, 9.17) is 5.73 Å². The first-order valence-electron chi connectivity index (χ1n) is 8.31. The van der Waals surface area contributed by atoms with Crippen molar-refractivity contribution in [1.29, 1.82) is 0 Å². The molecule has 4 saturated carbocycles. The van der Waals surface area contributed by atoms with Gasteiger partial charge in [-0.25, -0.2) is 0 Å². The zero-order valence-electron chi connectivity index (χ0n) is 13.2. The van der Waals surface area contributed by atoms with Crippen molar-refractivity contribution in [2.24, 2.45) is 34.3 Å². The zero-order chi connectivity index (χ0) is 14.5. The van der Waals surface area contributed by atoms with Gasteiger partial charge in [0.2, 0.25) is 5.91 Å². The maximum Gasteiger partial charge on any atom is 0.237 e. The first-order valence-corrected chi connectivity index (χ1v) is 8.31. The number of amides is 1. The molecule has 4 fully saturated rings. The van der Waals surface area contributed by atoms with Gasteiger partial charge in [-0.1, -0.05) is 20.8 Å². The minimum Gasteiger partial charge on any atom is -0.354 e. The third-order valence-electron chi connectivity index (χ3n) is 6.02. The Balaban J connectivity index is 1.60. The van der Waals surface area contributed by atoms with E-state index in [-0.39, 0.29) is 11.3 Å². The van der Waals surface area contributed by atoms with E-state index in [1.807, 2.05) is 20.8 Å². The van der Waals surface area contributed by atoms with Crippen LogP contribution in [0.4, 0.5) is 0 Å². The molecule has 0 heterocycles. The molecular weight excluding hydrogens is 248 g/mol. The molecule has 20 heavy (non-hydrogen) atoms. The molecule has 0 aliphatic heterocycles. The van der Waals surface area contributed by atoms with Gasteiger partial charge in [-0.3, -0.25) is 4.79 Å². The zero-order valence-corrected chi connectivity index (χ0v) is 13.2. The summed E-state index contributed by atoms with van der Waals surface area (Å²) in [5.41, 5.74) is 6.30. The van der Waals surface area contributed by atoms with Crippen LogP contribution in [-0.4, -0.2) is 18.5 Å². The Morgan fingerprint density at radius 3 is 2.00 bits per heavy atom. The molecule has 114 valence electrons. The predicted molar refractivity (Wildman–Crippen MR) is 81.0 cm³/mol. The van der Waals surface area contributed by atoms with Crippen molar-refractivity contribution < 1.29 is 4.79 Å². The molecule has 0 aromatic carbocycles. The van der Waals surface area contributed by atoms with Crippen LogP contribution in [0.2, 0.25) is 0 Å². The molecule has 1 atom stereocenters. The smallest absolute Gasteiger partial charge is 0.237 e. The van der Waals surface area contributed by atoms with E-state index in [0.717, 1.165) is 24.3 Å². The summed E-state index contributed by atoms with van der Waals surface area (Å²) >= 11 is 0. The number of carbonyl (C=O) groups is 1. The van der Waals surface area contributed by atoms with Crippen LogP contribution < -0.4 is 11.1 Å². The van der Waals surface area contributed by atoms with E-state index in [0.29, 0.717) is 5.41 Å². The van der Waals surface area contributed by atoms with Crippen molar-refractivity contribution in [3.63, 3.8) is 0 Å². The van der Waals surface area contributed by atoms with Gasteiger partial charge in [-0.05, 0) is 67.1 Å². The maximum atomic E-state index is 12.2. The molecule has 0 aromatic rings. The first kappa shape index (κ1) is 14.4. The fourth-order valence-electron chi connectivity index (χ4n) is 5.28. The summed E-state index contributed by atoms with van der Waals surface area (Å²) in [6, 6.07) is -0.406. The summed E-state index contributed by atoms with van der Waals surface area (Å²) < 4.78 is 0. The molecule has 4 aliphatic carbocycles. The SMILES string of the molecule is CC(C)(C)[C@@H](N)C(=O)NCC12CC3CC(CC(C3)C1)C2. The van der Waals surface area contributed by atoms with Crippen LogP contribution in [0.25, 0.3) is 0 Å². The van der Waals surface area contributed by atoms with Crippen molar-refractivity contribution in [1.82, 2.24) is 5.32 Å². The monoisotopic (exact) mass is 278 g/mol. The number of hydrogen-bond donors (Lipinski definition) is 2. The van der Waals surface area contributed by atoms with Crippen LogP contribution in [0.1, 0.15) is 59.3 Å². The van der Waals surface area contributed by atoms with E-state index in [1.54, 1.807) is 0 Å². The second-order valence-corrected chi connectivity index (χ2v) is 8.98. The number of nitrogens with two attached hydrogens (primary N) is 1. The van der Waals surface area contributed by atoms with Gasteiger partial charge in [-0.15, -0.1) is 0 Å². The average Bonchev–Trinajstić information content (AvgIpc) is 2.32. The van der Waals surface area contributed by atoms with Crippen LogP contribution in [-0.2, 0) is 4.79 Å². The van der Waals surface area contributed by atoms with Crippen molar-refractivity contribution in [3.8, 4) is 0 Å². The molecule has 0 unspecified atom stereocenters. The van der Waals surface area contributed by atoms with E-state index >= 15 is 0 Å². The minimum absolute atomic E-state index is 0.0354. The fourth-order valence-corrected chi connectivity index (χ4v) is 5.28. The maximum absolute atomic E-state index is 12.2. The van der Waals surface area contributed by atoms with Gasteiger partial charge in [0.05, 0.1) is 6.04 Å². The Kier molecular flexibility index (Phi) is 3.39. The molecule has 0 spiro atoms. The molecular formula is C17H30N2O. The number of rotatable bonds is 3. The molecule has 3 heteroatoms. The highest BCUT2D eigenvalue weighted by Gasteiger charge is 2.50. The van der Waals surface area contributed by atoms with Crippen LogP contribution in [0, 0.1) is 28.6 Å². The van der Waals surface area contributed by atoms with Crippen molar-refractivity contribution in [3.05, 3.63) is 0 Å². The molecule has 4 bridgehead atoms. The molecule has 1 amide bonds. The third kappa shape index (κ3) is 2.61. The summed E-state index contributed by atoms with van der Waals surface area (Å²) in [5, 5.41) is 3.18. The van der Waals surface area contributed by atoms with Gasteiger partial charge < -0.3 is 11.1 Å². The molecule has 4 rings (SSSR count). The number of hydrogen-bond acceptors (Lipinski definition) is 2. The van der Waals surface area contributed by atoms with Crippen LogP contribution in [0.15, 0.2) is 0 Å².